The smallest absolute Gasteiger partial charge is 0.337 e. The van der Waals surface area contributed by atoms with Crippen LogP contribution in [0, 0.1) is 11.8 Å². The van der Waals surface area contributed by atoms with Crippen LogP contribution >= 0.6 is 0 Å². The number of rotatable bonds is 1. The monoisotopic (exact) mass is 237 g/mol. The van der Waals surface area contributed by atoms with Crippen molar-refractivity contribution in [2.45, 2.75) is 0 Å². The van der Waals surface area contributed by atoms with Gasteiger partial charge in [0.05, 0.1) is 12.7 Å². The van der Waals surface area contributed by atoms with Crippen LogP contribution in [0.1, 0.15) is 21.5 Å². The fourth-order valence-corrected chi connectivity index (χ4v) is 1.39. The van der Waals surface area contributed by atoms with Crippen LogP contribution in [0.4, 0.5) is 0 Å². The number of carbonyl (C=O) groups excluding carboxylic acids is 1. The number of ether oxygens (including phenoxy) is 1. The molecular weight excluding hydrogens is 226 g/mol. The number of aromatic nitrogens is 1. The topological polar surface area (TPSA) is 39.2 Å². The van der Waals surface area contributed by atoms with Gasteiger partial charge in [-0.25, -0.2) is 4.79 Å². The Morgan fingerprint density at radius 3 is 2.44 bits per heavy atom. The maximum Gasteiger partial charge on any atom is 0.337 e. The van der Waals surface area contributed by atoms with Crippen LogP contribution in [0.15, 0.2) is 48.8 Å². The summed E-state index contributed by atoms with van der Waals surface area (Å²) in [6.45, 7) is 0. The van der Waals surface area contributed by atoms with Crippen molar-refractivity contribution in [3.8, 4) is 11.8 Å². The largest absolute Gasteiger partial charge is 0.465 e. The Labute approximate surface area is 105 Å². The highest BCUT2D eigenvalue weighted by atomic mass is 16.5. The molecule has 1 aromatic heterocycles. The zero-order valence-corrected chi connectivity index (χ0v) is 9.88. The minimum Gasteiger partial charge on any atom is -0.465 e. The predicted molar refractivity (Wildman–Crippen MR) is 68.0 cm³/mol. The van der Waals surface area contributed by atoms with Crippen LogP contribution in [0.5, 0.6) is 0 Å². The predicted octanol–water partition coefficient (Wildman–Crippen LogP) is 2.27. The molecule has 2 rings (SSSR count). The minimum atomic E-state index is -0.346. The molecule has 0 atom stereocenters. The Morgan fingerprint density at radius 1 is 1.11 bits per heavy atom. The Kier molecular flexibility index (Phi) is 3.72. The zero-order chi connectivity index (χ0) is 12.8. The summed E-state index contributed by atoms with van der Waals surface area (Å²) in [5.41, 5.74) is 2.21. The van der Waals surface area contributed by atoms with Crippen molar-refractivity contribution >= 4 is 5.97 Å². The molecule has 1 heterocycles. The van der Waals surface area contributed by atoms with Gasteiger partial charge < -0.3 is 4.74 Å². The van der Waals surface area contributed by atoms with E-state index in [4.69, 9.17) is 0 Å². The second-order valence-electron chi connectivity index (χ2n) is 3.56. The van der Waals surface area contributed by atoms with E-state index in [9.17, 15) is 4.79 Å². The maximum atomic E-state index is 11.2. The van der Waals surface area contributed by atoms with Gasteiger partial charge in [-0.2, -0.15) is 0 Å². The molecule has 0 saturated carbocycles. The van der Waals surface area contributed by atoms with E-state index in [2.05, 4.69) is 21.6 Å². The first-order chi connectivity index (χ1) is 8.79. The third-order valence-electron chi connectivity index (χ3n) is 2.32. The second kappa shape index (κ2) is 5.65. The van der Waals surface area contributed by atoms with Gasteiger partial charge in [-0.15, -0.1) is 0 Å². The third kappa shape index (κ3) is 2.96. The highest BCUT2D eigenvalue weighted by Gasteiger charge is 2.02. The Hall–Kier alpha value is -2.60. The summed E-state index contributed by atoms with van der Waals surface area (Å²) in [5, 5.41) is 0. The molecule has 3 nitrogen and oxygen atoms in total. The summed E-state index contributed by atoms with van der Waals surface area (Å²) in [4.78, 5) is 15.2. The molecule has 0 aliphatic carbocycles. The normalized spacial score (nSPS) is 9.17. The molecule has 0 aliphatic heterocycles. The van der Waals surface area contributed by atoms with Crippen LogP contribution < -0.4 is 0 Å². The van der Waals surface area contributed by atoms with Gasteiger partial charge in [0.2, 0.25) is 0 Å². The van der Waals surface area contributed by atoms with Gasteiger partial charge in [0.15, 0.2) is 0 Å². The SMILES string of the molecule is COC(=O)c1ccc(C#Cc2cccnc2)cc1. The van der Waals surface area contributed by atoms with E-state index < -0.39 is 0 Å². The maximum absolute atomic E-state index is 11.2. The second-order valence-corrected chi connectivity index (χ2v) is 3.56. The van der Waals surface area contributed by atoms with E-state index in [1.807, 2.05) is 12.1 Å². The molecule has 2 aromatic rings. The average molecular weight is 237 g/mol. The van der Waals surface area contributed by atoms with Crippen molar-refractivity contribution in [1.82, 2.24) is 4.98 Å². The van der Waals surface area contributed by atoms with Gasteiger partial charge in [-0.05, 0) is 36.4 Å². The molecule has 0 saturated heterocycles. The summed E-state index contributed by atoms with van der Waals surface area (Å²) < 4.78 is 4.62. The van der Waals surface area contributed by atoms with E-state index in [0.717, 1.165) is 11.1 Å². The molecule has 0 N–H and O–H groups in total. The first-order valence-electron chi connectivity index (χ1n) is 5.40. The Morgan fingerprint density at radius 2 is 1.83 bits per heavy atom. The number of pyridine rings is 1. The number of esters is 1. The van der Waals surface area contributed by atoms with Crippen LogP contribution in [-0.2, 0) is 4.74 Å². The van der Waals surface area contributed by atoms with Crippen molar-refractivity contribution in [3.63, 3.8) is 0 Å². The zero-order valence-electron chi connectivity index (χ0n) is 9.88. The van der Waals surface area contributed by atoms with Crippen LogP contribution in [0.3, 0.4) is 0 Å². The lowest BCUT2D eigenvalue weighted by molar-refractivity contribution is 0.0601. The lowest BCUT2D eigenvalue weighted by atomic mass is 10.1. The Balaban J connectivity index is 2.17. The quantitative estimate of drug-likeness (QED) is 0.564. The van der Waals surface area contributed by atoms with Gasteiger partial charge in [0.25, 0.3) is 0 Å². The molecule has 0 bridgehead atoms. The van der Waals surface area contributed by atoms with Gasteiger partial charge >= 0.3 is 5.97 Å². The molecule has 0 amide bonds. The first kappa shape index (κ1) is 11.9. The molecule has 88 valence electrons. The van der Waals surface area contributed by atoms with Crippen molar-refractivity contribution in [1.29, 1.82) is 0 Å². The summed E-state index contributed by atoms with van der Waals surface area (Å²) in [5.74, 6) is 5.65. The van der Waals surface area contributed by atoms with Gasteiger partial charge in [0, 0.05) is 23.5 Å². The lowest BCUT2D eigenvalue weighted by Crippen LogP contribution is -2.00. The summed E-state index contributed by atoms with van der Waals surface area (Å²) >= 11 is 0. The van der Waals surface area contributed by atoms with E-state index in [-0.39, 0.29) is 5.97 Å². The van der Waals surface area contributed by atoms with Crippen LogP contribution in [-0.4, -0.2) is 18.1 Å². The molecule has 18 heavy (non-hydrogen) atoms. The van der Waals surface area contributed by atoms with Crippen molar-refractivity contribution < 1.29 is 9.53 Å². The fraction of sp³-hybridized carbons (Fsp3) is 0.0667. The third-order valence-corrected chi connectivity index (χ3v) is 2.32. The number of benzene rings is 1. The lowest BCUT2D eigenvalue weighted by Gasteiger charge is -1.98. The van der Waals surface area contributed by atoms with Gasteiger partial charge in [-0.3, -0.25) is 4.98 Å². The van der Waals surface area contributed by atoms with E-state index in [0.29, 0.717) is 5.56 Å². The standard InChI is InChI=1S/C15H11NO2/c1-18-15(17)14-8-6-12(7-9-14)4-5-13-3-2-10-16-11-13/h2-3,6-11H,1H3. The highest BCUT2D eigenvalue weighted by molar-refractivity contribution is 5.89. The van der Waals surface area contributed by atoms with Crippen molar-refractivity contribution in [2.75, 3.05) is 7.11 Å². The molecular formula is C15H11NO2. The first-order valence-corrected chi connectivity index (χ1v) is 5.40. The summed E-state index contributed by atoms with van der Waals surface area (Å²) in [7, 11) is 1.36. The van der Waals surface area contributed by atoms with E-state index in [1.165, 1.54) is 7.11 Å². The molecule has 0 spiro atoms. The molecule has 0 fully saturated rings. The molecule has 3 heteroatoms. The number of methoxy groups -OCH3 is 1. The van der Waals surface area contributed by atoms with Crippen molar-refractivity contribution in [2.24, 2.45) is 0 Å². The van der Waals surface area contributed by atoms with Crippen LogP contribution in [0.2, 0.25) is 0 Å². The molecule has 0 radical (unpaired) electrons. The van der Waals surface area contributed by atoms with Gasteiger partial charge in [0.1, 0.15) is 0 Å². The molecule has 0 aliphatic rings. The molecule has 1 aromatic carbocycles. The highest BCUT2D eigenvalue weighted by Crippen LogP contribution is 2.05. The summed E-state index contributed by atoms with van der Waals surface area (Å²) in [6, 6.07) is 10.7. The van der Waals surface area contributed by atoms with E-state index >= 15 is 0 Å². The van der Waals surface area contributed by atoms with Gasteiger partial charge in [-0.1, -0.05) is 11.8 Å². The Bertz CT molecular complexity index is 592. The summed E-state index contributed by atoms with van der Waals surface area (Å²) in [6.07, 6.45) is 3.41. The van der Waals surface area contributed by atoms with Crippen LogP contribution in [0.25, 0.3) is 0 Å². The fourth-order valence-electron chi connectivity index (χ4n) is 1.39. The number of hydrogen-bond donors (Lipinski definition) is 0. The van der Waals surface area contributed by atoms with Crippen molar-refractivity contribution in [3.05, 3.63) is 65.5 Å². The van der Waals surface area contributed by atoms with E-state index in [1.54, 1.807) is 36.7 Å². The number of nitrogens with zero attached hydrogens (tertiary/aromatic N) is 1. The number of hydrogen-bond acceptors (Lipinski definition) is 3. The molecule has 0 unspecified atom stereocenters. The number of carbonyl (C=O) groups is 1. The average Bonchev–Trinajstić information content (AvgIpc) is 2.46. The minimum absolute atomic E-state index is 0.346.